The van der Waals surface area contributed by atoms with Crippen molar-refractivity contribution in [3.8, 4) is 5.75 Å². The molecule has 2 heterocycles. The van der Waals surface area contributed by atoms with Gasteiger partial charge in [-0.05, 0) is 51.4 Å². The molecule has 7 heteroatoms. The zero-order valence-corrected chi connectivity index (χ0v) is 15.5. The van der Waals surface area contributed by atoms with Gasteiger partial charge in [-0.25, -0.2) is 4.79 Å². The van der Waals surface area contributed by atoms with Crippen molar-refractivity contribution in [2.75, 3.05) is 20.3 Å². The van der Waals surface area contributed by atoms with Crippen LogP contribution in [-0.2, 0) is 18.8 Å². The first-order valence-corrected chi connectivity index (χ1v) is 8.55. The minimum absolute atomic E-state index is 0.0148. The molecular weight excluding hydrogens is 323 g/mol. The van der Waals surface area contributed by atoms with Crippen LogP contribution in [0.15, 0.2) is 18.2 Å². The monoisotopic (exact) mass is 348 g/mol. The first-order chi connectivity index (χ1) is 11.7. The molecule has 2 fully saturated rings. The minimum Gasteiger partial charge on any atom is -0.488 e. The lowest BCUT2D eigenvalue weighted by molar-refractivity contribution is 0.00578. The number of benzene rings is 1. The zero-order chi connectivity index (χ0) is 18.2. The standard InChI is InChI=1S/C18H25BO6/c1-17(2)18(3,4)25-19(24-17)13-8-12(16(20)21-5)9-15(10-13)23-14-6-7-22-11-14/h8-10,14H,6-7,11H2,1-5H3. The molecule has 1 unspecified atom stereocenters. The molecule has 0 bridgehead atoms. The molecule has 0 spiro atoms. The highest BCUT2D eigenvalue weighted by Crippen LogP contribution is 2.36. The van der Waals surface area contributed by atoms with Crippen LogP contribution in [0.5, 0.6) is 5.75 Å². The van der Waals surface area contributed by atoms with Gasteiger partial charge in [-0.2, -0.15) is 0 Å². The Morgan fingerprint density at radius 2 is 1.84 bits per heavy atom. The summed E-state index contributed by atoms with van der Waals surface area (Å²) < 4.78 is 28.4. The van der Waals surface area contributed by atoms with Crippen molar-refractivity contribution in [2.45, 2.75) is 51.4 Å². The Morgan fingerprint density at radius 1 is 1.16 bits per heavy atom. The van der Waals surface area contributed by atoms with Crippen LogP contribution < -0.4 is 10.2 Å². The predicted molar refractivity (Wildman–Crippen MR) is 93.3 cm³/mol. The van der Waals surface area contributed by atoms with E-state index in [1.165, 1.54) is 7.11 Å². The van der Waals surface area contributed by atoms with Gasteiger partial charge in [0, 0.05) is 6.42 Å². The molecule has 0 amide bonds. The third-order valence-corrected chi connectivity index (χ3v) is 5.07. The van der Waals surface area contributed by atoms with Crippen molar-refractivity contribution in [3.05, 3.63) is 23.8 Å². The summed E-state index contributed by atoms with van der Waals surface area (Å²) in [6.07, 6.45) is 0.813. The molecule has 136 valence electrons. The average molecular weight is 348 g/mol. The number of hydrogen-bond donors (Lipinski definition) is 0. The lowest BCUT2D eigenvalue weighted by Crippen LogP contribution is -2.41. The van der Waals surface area contributed by atoms with E-state index >= 15 is 0 Å². The van der Waals surface area contributed by atoms with Crippen LogP contribution in [0, 0.1) is 0 Å². The van der Waals surface area contributed by atoms with Crippen LogP contribution in [0.3, 0.4) is 0 Å². The van der Waals surface area contributed by atoms with Gasteiger partial charge in [-0.1, -0.05) is 0 Å². The number of rotatable bonds is 4. The summed E-state index contributed by atoms with van der Waals surface area (Å²) in [7, 11) is 0.784. The molecule has 2 aliphatic heterocycles. The van der Waals surface area contributed by atoms with Crippen molar-refractivity contribution in [1.82, 2.24) is 0 Å². The van der Waals surface area contributed by atoms with Crippen molar-refractivity contribution >= 4 is 18.6 Å². The second-order valence-corrected chi connectivity index (χ2v) is 7.47. The summed E-state index contributed by atoms with van der Waals surface area (Å²) in [5.74, 6) is 0.161. The van der Waals surface area contributed by atoms with Crippen LogP contribution >= 0.6 is 0 Å². The predicted octanol–water partition coefficient (Wildman–Crippen LogP) is 1.94. The topological polar surface area (TPSA) is 63.2 Å². The van der Waals surface area contributed by atoms with Gasteiger partial charge in [-0.3, -0.25) is 0 Å². The van der Waals surface area contributed by atoms with Gasteiger partial charge in [0.05, 0.1) is 37.1 Å². The highest BCUT2D eigenvalue weighted by atomic mass is 16.7. The van der Waals surface area contributed by atoms with Crippen LogP contribution in [0.2, 0.25) is 0 Å². The molecule has 1 atom stereocenters. The molecule has 3 rings (SSSR count). The van der Waals surface area contributed by atoms with Crippen molar-refractivity contribution < 1.29 is 28.3 Å². The SMILES string of the molecule is COC(=O)c1cc(OC2CCOC2)cc(B2OC(C)(C)C(C)(C)O2)c1. The second kappa shape index (κ2) is 6.63. The quantitative estimate of drug-likeness (QED) is 0.612. The van der Waals surface area contributed by atoms with Gasteiger partial charge in [0.15, 0.2) is 0 Å². The first kappa shape index (κ1) is 18.2. The van der Waals surface area contributed by atoms with E-state index in [1.807, 2.05) is 33.8 Å². The number of carbonyl (C=O) groups is 1. The highest BCUT2D eigenvalue weighted by Gasteiger charge is 2.51. The molecule has 0 aromatic heterocycles. The maximum absolute atomic E-state index is 12.0. The molecule has 0 radical (unpaired) electrons. The summed E-state index contributed by atoms with van der Waals surface area (Å²) in [5.41, 5.74) is 0.220. The van der Waals surface area contributed by atoms with Crippen molar-refractivity contribution in [3.63, 3.8) is 0 Å². The molecule has 0 aliphatic carbocycles. The Labute approximate surface area is 148 Å². The van der Waals surface area contributed by atoms with E-state index in [2.05, 4.69) is 0 Å². The fraction of sp³-hybridized carbons (Fsp3) is 0.611. The summed E-state index contributed by atoms with van der Waals surface area (Å²) in [6.45, 7) is 9.20. The molecule has 6 nitrogen and oxygen atoms in total. The Hall–Kier alpha value is -1.57. The average Bonchev–Trinajstić information content (AvgIpc) is 3.12. The van der Waals surface area contributed by atoms with Crippen LogP contribution in [0.1, 0.15) is 44.5 Å². The normalized spacial score (nSPS) is 24.4. The molecule has 1 aromatic carbocycles. The molecule has 0 saturated carbocycles. The van der Waals surface area contributed by atoms with E-state index < -0.39 is 24.3 Å². The third-order valence-electron chi connectivity index (χ3n) is 5.07. The number of esters is 1. The molecule has 2 saturated heterocycles. The lowest BCUT2D eigenvalue weighted by atomic mass is 9.78. The third kappa shape index (κ3) is 3.68. The van der Waals surface area contributed by atoms with Gasteiger partial charge in [0.2, 0.25) is 0 Å². The number of methoxy groups -OCH3 is 1. The van der Waals surface area contributed by atoms with Crippen LogP contribution in [0.25, 0.3) is 0 Å². The van der Waals surface area contributed by atoms with Gasteiger partial charge in [0.1, 0.15) is 11.9 Å². The van der Waals surface area contributed by atoms with Crippen LogP contribution in [0.4, 0.5) is 0 Å². The van der Waals surface area contributed by atoms with E-state index in [0.717, 1.165) is 11.9 Å². The molecule has 0 N–H and O–H groups in total. The van der Waals surface area contributed by atoms with Gasteiger partial charge in [0.25, 0.3) is 0 Å². The minimum atomic E-state index is -0.572. The van der Waals surface area contributed by atoms with Gasteiger partial charge in [-0.15, -0.1) is 0 Å². The fourth-order valence-electron chi connectivity index (χ4n) is 2.84. The summed E-state index contributed by atoms with van der Waals surface area (Å²) in [6, 6.07) is 5.26. The summed E-state index contributed by atoms with van der Waals surface area (Å²) in [4.78, 5) is 12.0. The maximum atomic E-state index is 12.0. The highest BCUT2D eigenvalue weighted by molar-refractivity contribution is 6.62. The molecule has 25 heavy (non-hydrogen) atoms. The Bertz CT molecular complexity index is 635. The summed E-state index contributed by atoms with van der Waals surface area (Å²) in [5, 5.41) is 0. The van der Waals surface area contributed by atoms with E-state index in [9.17, 15) is 4.79 Å². The maximum Gasteiger partial charge on any atom is 0.494 e. The van der Waals surface area contributed by atoms with Crippen LogP contribution in [-0.4, -0.2) is 50.7 Å². The van der Waals surface area contributed by atoms with Crippen molar-refractivity contribution in [1.29, 1.82) is 0 Å². The number of ether oxygens (including phenoxy) is 3. The smallest absolute Gasteiger partial charge is 0.488 e. The summed E-state index contributed by atoms with van der Waals surface area (Å²) >= 11 is 0. The molecule has 1 aromatic rings. The number of carbonyl (C=O) groups excluding carboxylic acids is 1. The number of hydrogen-bond acceptors (Lipinski definition) is 6. The lowest BCUT2D eigenvalue weighted by Gasteiger charge is -2.32. The van der Waals surface area contributed by atoms with E-state index in [1.54, 1.807) is 12.1 Å². The van der Waals surface area contributed by atoms with Gasteiger partial charge >= 0.3 is 13.1 Å². The fourth-order valence-corrected chi connectivity index (χ4v) is 2.84. The zero-order valence-electron chi connectivity index (χ0n) is 15.5. The van der Waals surface area contributed by atoms with E-state index in [-0.39, 0.29) is 6.10 Å². The van der Waals surface area contributed by atoms with Gasteiger partial charge < -0.3 is 23.5 Å². The van der Waals surface area contributed by atoms with E-state index in [0.29, 0.717) is 24.5 Å². The molecule has 2 aliphatic rings. The van der Waals surface area contributed by atoms with E-state index in [4.69, 9.17) is 23.5 Å². The molecular formula is C18H25BO6. The Balaban J connectivity index is 1.91. The largest absolute Gasteiger partial charge is 0.494 e. The van der Waals surface area contributed by atoms with Crippen molar-refractivity contribution in [2.24, 2.45) is 0 Å². The Morgan fingerprint density at radius 3 is 2.40 bits per heavy atom. The first-order valence-electron chi connectivity index (χ1n) is 8.55. The second-order valence-electron chi connectivity index (χ2n) is 7.47. The Kier molecular flexibility index (Phi) is 4.83.